The van der Waals surface area contributed by atoms with E-state index in [0.717, 1.165) is 24.0 Å². The average molecular weight is 236 g/mol. The number of H-pyrrole nitrogens is 1. The number of likely N-dealkylation sites (tertiary alicyclic amines) is 1. The Balaban J connectivity index is 1.78. The standard InChI is InChI=1S/C13H24N4/c1-11-7-14-13(15-11)10-17(3)9-12-5-4-6-16(2)8-12/h7,12H,4-6,8-10H2,1-3H3,(H,14,15). The number of nitrogens with zero attached hydrogens (tertiary/aromatic N) is 3. The molecule has 17 heavy (non-hydrogen) atoms. The minimum atomic E-state index is 0.815. The quantitative estimate of drug-likeness (QED) is 0.860. The normalized spacial score (nSPS) is 22.2. The maximum absolute atomic E-state index is 4.36. The number of aryl methyl sites for hydroxylation is 1. The Morgan fingerprint density at radius 1 is 1.59 bits per heavy atom. The van der Waals surface area contributed by atoms with Gasteiger partial charge >= 0.3 is 0 Å². The highest BCUT2D eigenvalue weighted by Crippen LogP contribution is 2.16. The van der Waals surface area contributed by atoms with Crippen LogP contribution in [0, 0.1) is 12.8 Å². The van der Waals surface area contributed by atoms with Gasteiger partial charge in [-0.2, -0.15) is 0 Å². The Labute approximate surface area is 104 Å². The van der Waals surface area contributed by atoms with E-state index in [2.05, 4.69) is 33.9 Å². The second-order valence-corrected chi connectivity index (χ2v) is 5.48. The molecule has 1 N–H and O–H groups in total. The Morgan fingerprint density at radius 3 is 3.06 bits per heavy atom. The van der Waals surface area contributed by atoms with Crippen LogP contribution in [0.4, 0.5) is 0 Å². The van der Waals surface area contributed by atoms with E-state index in [1.54, 1.807) is 0 Å². The topological polar surface area (TPSA) is 35.2 Å². The van der Waals surface area contributed by atoms with Gasteiger partial charge in [0.1, 0.15) is 5.82 Å². The number of hydrogen-bond donors (Lipinski definition) is 1. The Hall–Kier alpha value is -0.870. The van der Waals surface area contributed by atoms with E-state index in [4.69, 9.17) is 0 Å². The maximum atomic E-state index is 4.36. The van der Waals surface area contributed by atoms with Crippen LogP contribution in [-0.4, -0.2) is 53.5 Å². The Bertz CT molecular complexity index is 347. The molecule has 1 fully saturated rings. The largest absolute Gasteiger partial charge is 0.345 e. The number of piperidine rings is 1. The summed E-state index contributed by atoms with van der Waals surface area (Å²) in [6, 6.07) is 0. The molecule has 1 unspecified atom stereocenters. The van der Waals surface area contributed by atoms with Gasteiger partial charge in [-0.05, 0) is 46.3 Å². The predicted octanol–water partition coefficient (Wildman–Crippen LogP) is 1.49. The number of aromatic amines is 1. The van der Waals surface area contributed by atoms with E-state index in [1.165, 1.54) is 32.5 Å². The first-order valence-corrected chi connectivity index (χ1v) is 6.51. The fourth-order valence-corrected chi connectivity index (χ4v) is 2.73. The van der Waals surface area contributed by atoms with E-state index >= 15 is 0 Å². The molecule has 1 aromatic heterocycles. The summed E-state index contributed by atoms with van der Waals surface area (Å²) in [5.41, 5.74) is 1.14. The lowest BCUT2D eigenvalue weighted by molar-refractivity contribution is 0.162. The second kappa shape index (κ2) is 5.65. The van der Waals surface area contributed by atoms with Crippen LogP contribution >= 0.6 is 0 Å². The molecule has 4 heteroatoms. The first-order valence-electron chi connectivity index (χ1n) is 6.51. The summed E-state index contributed by atoms with van der Waals surface area (Å²) in [6.45, 7) is 6.64. The number of aromatic nitrogens is 2. The zero-order valence-corrected chi connectivity index (χ0v) is 11.2. The van der Waals surface area contributed by atoms with Crippen molar-refractivity contribution in [3.63, 3.8) is 0 Å². The van der Waals surface area contributed by atoms with Crippen LogP contribution in [0.2, 0.25) is 0 Å². The van der Waals surface area contributed by atoms with Crippen LogP contribution in [0.5, 0.6) is 0 Å². The molecule has 0 aromatic carbocycles. The lowest BCUT2D eigenvalue weighted by atomic mass is 9.98. The molecule has 0 amide bonds. The third-order valence-electron chi connectivity index (χ3n) is 3.47. The van der Waals surface area contributed by atoms with Crippen molar-refractivity contribution in [2.24, 2.45) is 5.92 Å². The van der Waals surface area contributed by atoms with Gasteiger partial charge in [0.15, 0.2) is 0 Å². The van der Waals surface area contributed by atoms with Crippen molar-refractivity contribution in [3.8, 4) is 0 Å². The van der Waals surface area contributed by atoms with Gasteiger partial charge in [-0.3, -0.25) is 4.90 Å². The van der Waals surface area contributed by atoms with Gasteiger partial charge in [0.2, 0.25) is 0 Å². The third-order valence-corrected chi connectivity index (χ3v) is 3.47. The van der Waals surface area contributed by atoms with Crippen molar-refractivity contribution in [2.45, 2.75) is 26.3 Å². The summed E-state index contributed by atoms with van der Waals surface area (Å²) in [5.74, 6) is 1.89. The van der Waals surface area contributed by atoms with E-state index in [9.17, 15) is 0 Å². The zero-order chi connectivity index (χ0) is 12.3. The van der Waals surface area contributed by atoms with Crippen LogP contribution in [0.15, 0.2) is 6.20 Å². The molecule has 0 bridgehead atoms. The molecule has 1 saturated heterocycles. The van der Waals surface area contributed by atoms with Crippen LogP contribution in [0.25, 0.3) is 0 Å². The fraction of sp³-hybridized carbons (Fsp3) is 0.769. The van der Waals surface area contributed by atoms with Crippen LogP contribution in [0.1, 0.15) is 24.4 Å². The number of nitrogens with one attached hydrogen (secondary N) is 1. The highest BCUT2D eigenvalue weighted by Gasteiger charge is 2.18. The molecule has 96 valence electrons. The smallest absolute Gasteiger partial charge is 0.120 e. The van der Waals surface area contributed by atoms with Crippen LogP contribution in [-0.2, 0) is 6.54 Å². The van der Waals surface area contributed by atoms with E-state index in [-0.39, 0.29) is 0 Å². The van der Waals surface area contributed by atoms with Crippen molar-refractivity contribution in [1.82, 2.24) is 19.8 Å². The molecule has 2 rings (SSSR count). The molecule has 4 nitrogen and oxygen atoms in total. The molecule has 1 aromatic rings. The van der Waals surface area contributed by atoms with E-state index in [1.807, 2.05) is 13.1 Å². The van der Waals surface area contributed by atoms with Gasteiger partial charge in [0, 0.05) is 25.0 Å². The molecule has 1 atom stereocenters. The van der Waals surface area contributed by atoms with Crippen molar-refractivity contribution in [3.05, 3.63) is 17.7 Å². The van der Waals surface area contributed by atoms with Gasteiger partial charge in [0.25, 0.3) is 0 Å². The van der Waals surface area contributed by atoms with Gasteiger partial charge < -0.3 is 9.88 Å². The minimum absolute atomic E-state index is 0.815. The predicted molar refractivity (Wildman–Crippen MR) is 69.9 cm³/mol. The van der Waals surface area contributed by atoms with Gasteiger partial charge in [0.05, 0.1) is 6.54 Å². The molecule has 0 saturated carbocycles. The zero-order valence-electron chi connectivity index (χ0n) is 11.2. The fourth-order valence-electron chi connectivity index (χ4n) is 2.73. The summed E-state index contributed by atoms with van der Waals surface area (Å²) in [7, 11) is 4.41. The Morgan fingerprint density at radius 2 is 2.41 bits per heavy atom. The van der Waals surface area contributed by atoms with Gasteiger partial charge in [-0.1, -0.05) is 0 Å². The first-order chi connectivity index (χ1) is 8.13. The molecule has 1 aliphatic rings. The van der Waals surface area contributed by atoms with Crippen molar-refractivity contribution < 1.29 is 0 Å². The molecule has 1 aliphatic heterocycles. The monoisotopic (exact) mass is 236 g/mol. The number of rotatable bonds is 4. The third kappa shape index (κ3) is 3.82. The summed E-state index contributed by atoms with van der Waals surface area (Å²) >= 11 is 0. The first kappa shape index (κ1) is 12.6. The van der Waals surface area contributed by atoms with Gasteiger partial charge in [-0.25, -0.2) is 4.98 Å². The van der Waals surface area contributed by atoms with Crippen LogP contribution in [0.3, 0.4) is 0 Å². The molecule has 0 aliphatic carbocycles. The molecular weight excluding hydrogens is 212 g/mol. The molecule has 0 spiro atoms. The summed E-state index contributed by atoms with van der Waals surface area (Å²) in [4.78, 5) is 12.5. The SMILES string of the molecule is Cc1cnc(CN(C)CC2CCCN(C)C2)[nH]1. The number of hydrogen-bond acceptors (Lipinski definition) is 3. The molecule has 2 heterocycles. The van der Waals surface area contributed by atoms with E-state index < -0.39 is 0 Å². The summed E-state index contributed by atoms with van der Waals surface area (Å²) in [6.07, 6.45) is 4.61. The molecule has 0 radical (unpaired) electrons. The second-order valence-electron chi connectivity index (χ2n) is 5.48. The lowest BCUT2D eigenvalue weighted by Gasteiger charge is -2.32. The maximum Gasteiger partial charge on any atom is 0.120 e. The minimum Gasteiger partial charge on any atom is -0.345 e. The van der Waals surface area contributed by atoms with E-state index in [0.29, 0.717) is 0 Å². The molecular formula is C13H24N4. The summed E-state index contributed by atoms with van der Waals surface area (Å²) < 4.78 is 0. The summed E-state index contributed by atoms with van der Waals surface area (Å²) in [5, 5.41) is 0. The highest BCUT2D eigenvalue weighted by molar-refractivity contribution is 4.98. The van der Waals surface area contributed by atoms with Crippen molar-refractivity contribution >= 4 is 0 Å². The number of imidazole rings is 1. The van der Waals surface area contributed by atoms with Gasteiger partial charge in [-0.15, -0.1) is 0 Å². The Kier molecular flexibility index (Phi) is 4.18. The van der Waals surface area contributed by atoms with Crippen molar-refractivity contribution in [1.29, 1.82) is 0 Å². The highest BCUT2D eigenvalue weighted by atomic mass is 15.1. The van der Waals surface area contributed by atoms with Crippen molar-refractivity contribution in [2.75, 3.05) is 33.7 Å². The van der Waals surface area contributed by atoms with Crippen LogP contribution < -0.4 is 0 Å². The lowest BCUT2D eigenvalue weighted by Crippen LogP contribution is -2.37. The average Bonchev–Trinajstić information content (AvgIpc) is 2.63.